The molecular weight excluding hydrogens is 408 g/mol. The van der Waals surface area contributed by atoms with Crippen LogP contribution < -0.4 is 20.7 Å². The minimum atomic E-state index is -1.19. The van der Waals surface area contributed by atoms with E-state index in [2.05, 4.69) is 16.0 Å². The number of methoxy groups -OCH3 is 1. The molecule has 32 heavy (non-hydrogen) atoms. The van der Waals surface area contributed by atoms with Crippen LogP contribution in [0, 0.1) is 6.92 Å². The molecule has 4 aromatic rings. The van der Waals surface area contributed by atoms with Gasteiger partial charge in [0, 0.05) is 23.5 Å². The summed E-state index contributed by atoms with van der Waals surface area (Å²) in [6.07, 6.45) is -1.19. The first kappa shape index (κ1) is 20.9. The molecule has 2 amide bonds. The van der Waals surface area contributed by atoms with Crippen LogP contribution in [-0.2, 0) is 0 Å². The van der Waals surface area contributed by atoms with E-state index < -0.39 is 6.09 Å². The van der Waals surface area contributed by atoms with Gasteiger partial charge >= 0.3 is 6.09 Å². The Bertz CT molecular complexity index is 1370. The van der Waals surface area contributed by atoms with Gasteiger partial charge in [0.25, 0.3) is 5.91 Å². The molecule has 4 N–H and O–H groups in total. The van der Waals surface area contributed by atoms with E-state index in [0.29, 0.717) is 28.2 Å². The van der Waals surface area contributed by atoms with Gasteiger partial charge in [-0.25, -0.2) is 9.78 Å². The van der Waals surface area contributed by atoms with Crippen molar-refractivity contribution in [2.24, 2.45) is 0 Å². The molecule has 0 unspecified atom stereocenters. The normalized spacial score (nSPS) is 10.7. The van der Waals surface area contributed by atoms with Crippen LogP contribution in [0.3, 0.4) is 0 Å². The lowest BCUT2D eigenvalue weighted by atomic mass is 10.0. The van der Waals surface area contributed by atoms with Crippen molar-refractivity contribution < 1.29 is 19.4 Å². The fraction of sp³-hybridized carbons (Fsp3) is 0.125. The van der Waals surface area contributed by atoms with Gasteiger partial charge in [0.1, 0.15) is 5.75 Å². The number of carbonyl (C=O) groups is 2. The summed E-state index contributed by atoms with van der Waals surface area (Å²) in [7, 11) is 3.06. The zero-order valence-electron chi connectivity index (χ0n) is 17.8. The highest BCUT2D eigenvalue weighted by Gasteiger charge is 2.17. The summed E-state index contributed by atoms with van der Waals surface area (Å²) in [5.41, 5.74) is 4.53. The number of amides is 2. The molecule has 8 nitrogen and oxygen atoms in total. The highest BCUT2D eigenvalue weighted by atomic mass is 16.5. The van der Waals surface area contributed by atoms with E-state index in [1.165, 1.54) is 7.11 Å². The summed E-state index contributed by atoms with van der Waals surface area (Å²) in [6, 6.07) is 16.5. The third-order valence-electron chi connectivity index (χ3n) is 5.22. The Morgan fingerprint density at radius 3 is 2.41 bits per heavy atom. The Kier molecular flexibility index (Phi) is 5.51. The average molecular weight is 430 g/mol. The molecule has 8 heteroatoms. The summed E-state index contributed by atoms with van der Waals surface area (Å²) in [5.74, 6) is 0.180. The highest BCUT2D eigenvalue weighted by Crippen LogP contribution is 2.37. The lowest BCUT2D eigenvalue weighted by Gasteiger charge is -2.17. The van der Waals surface area contributed by atoms with Gasteiger partial charge in [-0.1, -0.05) is 30.3 Å². The number of aryl methyl sites for hydroxylation is 1. The topological polar surface area (TPSA) is 113 Å². The smallest absolute Gasteiger partial charge is 0.409 e. The molecule has 0 bridgehead atoms. The number of nitrogens with zero attached hydrogens (tertiary/aromatic N) is 1. The van der Waals surface area contributed by atoms with Crippen molar-refractivity contribution in [3.8, 4) is 5.75 Å². The molecule has 1 heterocycles. The number of carboxylic acid groups (broad SMARTS) is 1. The van der Waals surface area contributed by atoms with E-state index in [1.807, 2.05) is 37.3 Å². The molecule has 0 radical (unpaired) electrons. The van der Waals surface area contributed by atoms with Crippen LogP contribution in [0.4, 0.5) is 21.9 Å². The van der Waals surface area contributed by atoms with Crippen molar-refractivity contribution in [2.45, 2.75) is 6.92 Å². The van der Waals surface area contributed by atoms with Crippen molar-refractivity contribution in [3.63, 3.8) is 0 Å². The van der Waals surface area contributed by atoms with Crippen LogP contribution in [0.1, 0.15) is 15.9 Å². The summed E-state index contributed by atoms with van der Waals surface area (Å²) in [4.78, 5) is 28.5. The second kappa shape index (κ2) is 8.43. The van der Waals surface area contributed by atoms with Crippen molar-refractivity contribution in [1.29, 1.82) is 0 Å². The first-order chi connectivity index (χ1) is 15.4. The summed E-state index contributed by atoms with van der Waals surface area (Å²) in [5, 5.41) is 19.2. The molecule has 0 fully saturated rings. The van der Waals surface area contributed by atoms with E-state index in [-0.39, 0.29) is 5.91 Å². The number of para-hydroxylation sites is 2. The van der Waals surface area contributed by atoms with E-state index in [4.69, 9.17) is 14.8 Å². The maximum atomic E-state index is 12.5. The third kappa shape index (κ3) is 3.74. The van der Waals surface area contributed by atoms with Gasteiger partial charge in [0.15, 0.2) is 0 Å². The van der Waals surface area contributed by atoms with Crippen LogP contribution in [0.15, 0.2) is 54.6 Å². The summed E-state index contributed by atoms with van der Waals surface area (Å²) in [6.45, 7) is 1.97. The number of hydrogen-bond donors (Lipinski definition) is 4. The number of carbonyl (C=O) groups excluding carboxylic acids is 1. The summed E-state index contributed by atoms with van der Waals surface area (Å²) < 4.78 is 5.25. The van der Waals surface area contributed by atoms with E-state index in [1.54, 1.807) is 31.3 Å². The van der Waals surface area contributed by atoms with Gasteiger partial charge in [-0.3, -0.25) is 10.1 Å². The number of anilines is 3. The van der Waals surface area contributed by atoms with Gasteiger partial charge in [0.05, 0.1) is 35.1 Å². The van der Waals surface area contributed by atoms with Gasteiger partial charge < -0.3 is 20.5 Å². The van der Waals surface area contributed by atoms with E-state index in [9.17, 15) is 9.59 Å². The fourth-order valence-electron chi connectivity index (χ4n) is 3.73. The fourth-order valence-corrected chi connectivity index (χ4v) is 3.73. The molecule has 1 aromatic heterocycles. The molecule has 4 rings (SSSR count). The molecule has 0 aliphatic heterocycles. The molecule has 0 aliphatic carbocycles. The van der Waals surface area contributed by atoms with Crippen LogP contribution in [0.25, 0.3) is 21.8 Å². The number of rotatable bonds is 5. The first-order valence-corrected chi connectivity index (χ1v) is 9.92. The average Bonchev–Trinajstić information content (AvgIpc) is 2.78. The zero-order valence-corrected chi connectivity index (χ0v) is 17.8. The van der Waals surface area contributed by atoms with Crippen LogP contribution in [0.5, 0.6) is 5.75 Å². The van der Waals surface area contributed by atoms with Crippen molar-refractivity contribution in [2.75, 3.05) is 24.8 Å². The number of hydrogen-bond acceptors (Lipinski definition) is 5. The second-order valence-electron chi connectivity index (χ2n) is 7.21. The molecule has 3 aromatic carbocycles. The predicted molar refractivity (Wildman–Crippen MR) is 125 cm³/mol. The van der Waals surface area contributed by atoms with Crippen LogP contribution in [-0.4, -0.2) is 36.2 Å². The molecule has 0 saturated carbocycles. The van der Waals surface area contributed by atoms with E-state index >= 15 is 0 Å². The van der Waals surface area contributed by atoms with Gasteiger partial charge in [-0.05, 0) is 36.8 Å². The number of ether oxygens (including phenoxy) is 1. The molecule has 0 saturated heterocycles. The number of fused-ring (bicyclic) bond motifs is 2. The summed E-state index contributed by atoms with van der Waals surface area (Å²) >= 11 is 0. The Morgan fingerprint density at radius 1 is 1.00 bits per heavy atom. The maximum Gasteiger partial charge on any atom is 0.409 e. The minimum absolute atomic E-state index is 0.223. The minimum Gasteiger partial charge on any atom is -0.495 e. The number of benzene rings is 3. The molecule has 162 valence electrons. The zero-order chi connectivity index (χ0) is 22.8. The Morgan fingerprint density at radius 2 is 1.72 bits per heavy atom. The lowest BCUT2D eigenvalue weighted by Crippen LogP contribution is -2.18. The maximum absolute atomic E-state index is 12.5. The number of nitrogens with one attached hydrogen (secondary N) is 3. The number of aromatic nitrogens is 1. The van der Waals surface area contributed by atoms with E-state index in [0.717, 1.165) is 27.5 Å². The Hall–Kier alpha value is -4.33. The second-order valence-corrected chi connectivity index (χ2v) is 7.21. The SMILES string of the molecule is CNC(=O)c1cccc2c(Nc3ccc(OC)c(NC(=O)O)c3)c3cccc(C)c3nc12. The molecule has 0 aliphatic rings. The Labute approximate surface area is 184 Å². The number of pyridine rings is 1. The molecule has 0 atom stereocenters. The third-order valence-corrected chi connectivity index (χ3v) is 5.22. The van der Waals surface area contributed by atoms with Gasteiger partial charge in [0.2, 0.25) is 0 Å². The van der Waals surface area contributed by atoms with Crippen molar-refractivity contribution in [3.05, 3.63) is 65.7 Å². The van der Waals surface area contributed by atoms with Crippen molar-refractivity contribution >= 4 is 50.9 Å². The van der Waals surface area contributed by atoms with Gasteiger partial charge in [-0.15, -0.1) is 0 Å². The highest BCUT2D eigenvalue weighted by molar-refractivity contribution is 6.15. The standard InChI is InChI=1S/C24H22N4O4/c1-13-6-4-7-15-20(13)28-22-16(8-5-9-17(22)23(29)25-2)21(15)26-14-10-11-19(32-3)18(12-14)27-24(30)31/h4-12,27H,1-3H3,(H,25,29)(H,26,28)(H,30,31). The van der Waals surface area contributed by atoms with Crippen LogP contribution >= 0.6 is 0 Å². The van der Waals surface area contributed by atoms with Crippen molar-refractivity contribution in [1.82, 2.24) is 10.3 Å². The van der Waals surface area contributed by atoms with Crippen LogP contribution in [0.2, 0.25) is 0 Å². The largest absolute Gasteiger partial charge is 0.495 e. The first-order valence-electron chi connectivity index (χ1n) is 9.92. The van der Waals surface area contributed by atoms with Gasteiger partial charge in [-0.2, -0.15) is 0 Å². The molecular formula is C24H22N4O4. The Balaban J connectivity index is 1.96. The lowest BCUT2D eigenvalue weighted by molar-refractivity contribution is 0.0964. The predicted octanol–water partition coefficient (Wildman–Crippen LogP) is 4.90. The molecule has 0 spiro atoms. The monoisotopic (exact) mass is 430 g/mol. The quantitative estimate of drug-likeness (QED) is 0.335.